The molecule has 29 heavy (non-hydrogen) atoms. The van der Waals surface area contributed by atoms with Crippen molar-refractivity contribution in [1.29, 1.82) is 0 Å². The summed E-state index contributed by atoms with van der Waals surface area (Å²) < 4.78 is 3.47. The predicted octanol–water partition coefficient (Wildman–Crippen LogP) is 1.56. The molecular weight excluding hydrogens is 369 g/mol. The molecule has 2 aromatic heterocycles. The Bertz CT molecular complexity index is 1160. The quantitative estimate of drug-likeness (QED) is 0.384. The van der Waals surface area contributed by atoms with Crippen LogP contribution in [0.25, 0.3) is 28.3 Å². The zero-order valence-electron chi connectivity index (χ0n) is 16.4. The molecule has 0 saturated heterocycles. The molecule has 4 rings (SSSR count). The first-order valence-electron chi connectivity index (χ1n) is 9.02. The van der Waals surface area contributed by atoms with Crippen molar-refractivity contribution in [2.45, 2.75) is 26.0 Å². The molecule has 2 radical (unpaired) electrons. The third-order valence-corrected chi connectivity index (χ3v) is 4.51. The highest BCUT2D eigenvalue weighted by Crippen LogP contribution is 2.35. The number of nitrogens with one attached hydrogen (secondary N) is 1. The van der Waals surface area contributed by atoms with Crippen LogP contribution >= 0.6 is 0 Å². The summed E-state index contributed by atoms with van der Waals surface area (Å²) in [4.78, 5) is 21.6. The molecule has 0 atom stereocenters. The molecule has 10 heteroatoms. The average Bonchev–Trinajstić information content (AvgIpc) is 3.25. The lowest BCUT2D eigenvalue weighted by molar-refractivity contribution is -0.105. The maximum atomic E-state index is 10.9. The van der Waals surface area contributed by atoms with Gasteiger partial charge in [-0.2, -0.15) is 9.61 Å². The summed E-state index contributed by atoms with van der Waals surface area (Å²) in [6.07, 6.45) is 5.73. The minimum Gasteiger partial charge on any atom is -0.413 e. The van der Waals surface area contributed by atoms with E-state index in [2.05, 4.69) is 15.4 Å². The van der Waals surface area contributed by atoms with E-state index in [1.807, 2.05) is 29.0 Å². The lowest BCUT2D eigenvalue weighted by atomic mass is 10.1. The molecule has 0 spiro atoms. The van der Waals surface area contributed by atoms with Gasteiger partial charge in [0, 0.05) is 29.6 Å². The Hall–Kier alpha value is -3.40. The highest BCUT2D eigenvalue weighted by Gasteiger charge is 2.22. The van der Waals surface area contributed by atoms with E-state index in [0.717, 1.165) is 17.0 Å². The van der Waals surface area contributed by atoms with E-state index >= 15 is 0 Å². The van der Waals surface area contributed by atoms with E-state index in [-0.39, 0.29) is 0 Å². The molecule has 2 aliphatic heterocycles. The van der Waals surface area contributed by atoms with Crippen molar-refractivity contribution in [3.8, 4) is 22.6 Å². The van der Waals surface area contributed by atoms with Crippen molar-refractivity contribution in [3.63, 3.8) is 0 Å². The Balaban J connectivity index is 1.88. The zero-order valence-corrected chi connectivity index (χ0v) is 16.4. The summed E-state index contributed by atoms with van der Waals surface area (Å²) >= 11 is 0. The Morgan fingerprint density at radius 2 is 2.14 bits per heavy atom. The van der Waals surface area contributed by atoms with E-state index in [1.54, 1.807) is 31.6 Å². The number of aromatic nitrogens is 5. The molecular formula is C19H20BN7O2. The van der Waals surface area contributed by atoms with Crippen LogP contribution < -0.4 is 10.1 Å². The normalized spacial score (nSPS) is 11.9. The molecule has 4 heterocycles. The van der Waals surface area contributed by atoms with Crippen LogP contribution in [0.15, 0.2) is 36.8 Å². The number of hydrogen-bond acceptors (Lipinski definition) is 6. The molecule has 9 nitrogen and oxygen atoms in total. The van der Waals surface area contributed by atoms with Crippen LogP contribution in [0.1, 0.15) is 13.8 Å². The molecule has 0 aliphatic carbocycles. The van der Waals surface area contributed by atoms with Gasteiger partial charge in [-0.15, -0.1) is 0 Å². The standard InChI is InChI=1S/C19H20BN7O2/c1-19(2,29)10-26-6-4-5-12-13(8-21-17(12)26)14-7-16(25(3)20)27-18(24-14)15(9-23-27)22-11-28/h4-9,11,29H,10H2,1-3H3,(H,22,28). The predicted molar refractivity (Wildman–Crippen MR) is 111 cm³/mol. The van der Waals surface area contributed by atoms with Gasteiger partial charge in [-0.3, -0.25) is 4.79 Å². The minimum atomic E-state index is -0.877. The number of aliphatic hydroxyl groups is 1. The first kappa shape index (κ1) is 18.9. The summed E-state index contributed by atoms with van der Waals surface area (Å²) in [6, 6.07) is 5.68. The van der Waals surface area contributed by atoms with Gasteiger partial charge in [-0.25, -0.2) is 9.97 Å². The summed E-state index contributed by atoms with van der Waals surface area (Å²) in [5.74, 6) is 1.34. The molecule has 2 aliphatic rings. The third-order valence-electron chi connectivity index (χ3n) is 4.51. The van der Waals surface area contributed by atoms with Crippen molar-refractivity contribution in [1.82, 2.24) is 24.1 Å². The van der Waals surface area contributed by atoms with Gasteiger partial charge in [0.25, 0.3) is 0 Å². The second-order valence-electron chi connectivity index (χ2n) is 7.52. The first-order valence-corrected chi connectivity index (χ1v) is 9.02. The molecule has 0 bridgehead atoms. The molecule has 0 unspecified atom stereocenters. The lowest BCUT2D eigenvalue weighted by Crippen LogP contribution is -2.26. The summed E-state index contributed by atoms with van der Waals surface area (Å²) in [5.41, 5.74) is 2.42. The molecule has 0 saturated carbocycles. The zero-order chi connectivity index (χ0) is 20.8. The SMILES string of the molecule is [B]N(C)c1cc(-c2cnc3n(CC(C)(C)O)cccc2-3)nc2c(NC=O)cnn12. The van der Waals surface area contributed by atoms with Crippen LogP contribution in [0.3, 0.4) is 0 Å². The second-order valence-corrected chi connectivity index (χ2v) is 7.52. The van der Waals surface area contributed by atoms with Crippen LogP contribution in [0.5, 0.6) is 0 Å². The molecule has 1 amide bonds. The fourth-order valence-corrected chi connectivity index (χ4v) is 3.34. The molecule has 146 valence electrons. The summed E-state index contributed by atoms with van der Waals surface area (Å²) in [7, 11) is 7.70. The number of nitrogens with zero attached hydrogens (tertiary/aromatic N) is 6. The van der Waals surface area contributed by atoms with Crippen LogP contribution in [0.4, 0.5) is 11.5 Å². The number of pyridine rings is 1. The highest BCUT2D eigenvalue weighted by molar-refractivity contribution is 6.17. The van der Waals surface area contributed by atoms with Gasteiger partial charge in [-0.05, 0) is 33.0 Å². The Labute approximate surface area is 168 Å². The topological polar surface area (TPSA) is 101 Å². The van der Waals surface area contributed by atoms with Crippen LogP contribution in [-0.2, 0) is 11.3 Å². The number of carbonyl (C=O) groups is 1. The second kappa shape index (κ2) is 6.89. The fourth-order valence-electron chi connectivity index (χ4n) is 3.34. The van der Waals surface area contributed by atoms with Crippen molar-refractivity contribution in [3.05, 3.63) is 36.8 Å². The van der Waals surface area contributed by atoms with Crippen LogP contribution in [0.2, 0.25) is 0 Å². The smallest absolute Gasteiger partial charge is 0.228 e. The van der Waals surface area contributed by atoms with E-state index in [0.29, 0.717) is 35.8 Å². The maximum absolute atomic E-state index is 10.9. The summed E-state index contributed by atoms with van der Waals surface area (Å²) in [6.45, 7) is 3.91. The molecule has 0 fully saturated rings. The van der Waals surface area contributed by atoms with Crippen LogP contribution in [0, 0.1) is 0 Å². The van der Waals surface area contributed by atoms with Gasteiger partial charge in [0.05, 0.1) is 24.0 Å². The van der Waals surface area contributed by atoms with Crippen molar-refractivity contribution >= 4 is 31.5 Å². The third kappa shape index (κ3) is 3.42. The van der Waals surface area contributed by atoms with E-state index < -0.39 is 5.60 Å². The number of carbonyl (C=O) groups excluding carboxylic acids is 1. The van der Waals surface area contributed by atoms with Gasteiger partial charge >= 0.3 is 0 Å². The van der Waals surface area contributed by atoms with Gasteiger partial charge in [0.2, 0.25) is 14.4 Å². The molecule has 2 aromatic rings. The fraction of sp³-hybridized carbons (Fsp3) is 0.263. The number of amides is 1. The highest BCUT2D eigenvalue weighted by atomic mass is 16.3. The lowest BCUT2D eigenvalue weighted by Gasteiger charge is -2.21. The van der Waals surface area contributed by atoms with E-state index in [1.165, 1.54) is 11.0 Å². The number of hydrogen-bond donors (Lipinski definition) is 2. The van der Waals surface area contributed by atoms with Crippen LogP contribution in [-0.4, -0.2) is 56.3 Å². The number of rotatable bonds is 6. The largest absolute Gasteiger partial charge is 0.413 e. The monoisotopic (exact) mass is 389 g/mol. The van der Waals surface area contributed by atoms with Crippen molar-refractivity contribution < 1.29 is 9.90 Å². The first-order chi connectivity index (χ1) is 13.8. The maximum Gasteiger partial charge on any atom is 0.228 e. The van der Waals surface area contributed by atoms with Gasteiger partial charge < -0.3 is 19.8 Å². The Kier molecular flexibility index (Phi) is 4.50. The minimum absolute atomic E-state index is 0.403. The van der Waals surface area contributed by atoms with Gasteiger partial charge in [0.15, 0.2) is 5.65 Å². The van der Waals surface area contributed by atoms with Gasteiger partial charge in [0.1, 0.15) is 17.3 Å². The van der Waals surface area contributed by atoms with Crippen molar-refractivity contribution in [2.75, 3.05) is 17.2 Å². The summed E-state index contributed by atoms with van der Waals surface area (Å²) in [5, 5.41) is 17.1. The van der Waals surface area contributed by atoms with Crippen molar-refractivity contribution in [2.24, 2.45) is 0 Å². The molecule has 0 aromatic carbocycles. The Morgan fingerprint density at radius 1 is 1.34 bits per heavy atom. The van der Waals surface area contributed by atoms with E-state index in [4.69, 9.17) is 13.0 Å². The average molecular weight is 389 g/mol. The number of anilines is 2. The Morgan fingerprint density at radius 3 is 2.83 bits per heavy atom. The number of fused-ring (bicyclic) bond motifs is 2. The van der Waals surface area contributed by atoms with E-state index in [9.17, 15) is 9.90 Å². The van der Waals surface area contributed by atoms with Gasteiger partial charge in [-0.1, -0.05) is 0 Å². The molecule has 2 N–H and O–H groups in total.